The Bertz CT molecular complexity index is 586. The lowest BCUT2D eigenvalue weighted by molar-refractivity contribution is 0.0697. The van der Waals surface area contributed by atoms with E-state index in [1.165, 1.54) is 0 Å². The Morgan fingerprint density at radius 3 is 2.72 bits per heavy atom. The lowest BCUT2D eigenvalue weighted by Gasteiger charge is -2.16. The Hall–Kier alpha value is -1.81. The summed E-state index contributed by atoms with van der Waals surface area (Å²) in [6, 6.07) is 7.68. The van der Waals surface area contributed by atoms with Gasteiger partial charge in [0.2, 0.25) is 0 Å². The first-order valence-electron chi connectivity index (χ1n) is 5.89. The molecule has 4 nitrogen and oxygen atoms in total. The van der Waals surface area contributed by atoms with Crippen LogP contribution in [-0.4, -0.2) is 29.4 Å². The maximum absolute atomic E-state index is 11.4. The number of benzene rings is 1. The zero-order chi connectivity index (χ0) is 13.3. The highest BCUT2D eigenvalue weighted by atomic mass is 16.5. The minimum Gasteiger partial charge on any atom is -0.478 e. The second-order valence-electron chi connectivity index (χ2n) is 4.46. The van der Waals surface area contributed by atoms with Crippen LogP contribution in [0.4, 0.5) is 0 Å². The maximum atomic E-state index is 11.4. The second kappa shape index (κ2) is 4.82. The highest BCUT2D eigenvalue weighted by molar-refractivity contribution is 6.05. The van der Waals surface area contributed by atoms with Crippen molar-refractivity contribution in [2.75, 3.05) is 13.7 Å². The van der Waals surface area contributed by atoms with Gasteiger partial charge in [0.15, 0.2) is 0 Å². The van der Waals surface area contributed by atoms with Crippen molar-refractivity contribution in [3.05, 3.63) is 35.5 Å². The molecule has 0 aliphatic rings. The Morgan fingerprint density at radius 2 is 2.11 bits per heavy atom. The van der Waals surface area contributed by atoms with Crippen LogP contribution in [0.2, 0.25) is 0 Å². The first kappa shape index (κ1) is 12.6. The van der Waals surface area contributed by atoms with Gasteiger partial charge in [-0.1, -0.05) is 18.2 Å². The third kappa shape index (κ3) is 1.88. The molecule has 1 heterocycles. The fourth-order valence-electron chi connectivity index (χ4n) is 2.54. The molecule has 0 saturated heterocycles. The summed E-state index contributed by atoms with van der Waals surface area (Å²) >= 11 is 0. The zero-order valence-electron chi connectivity index (χ0n) is 10.8. The van der Waals surface area contributed by atoms with E-state index in [0.717, 1.165) is 16.6 Å². The average Bonchev–Trinajstić information content (AvgIpc) is 2.61. The topological polar surface area (TPSA) is 51.5 Å². The normalized spacial score (nSPS) is 12.8. The van der Waals surface area contributed by atoms with E-state index in [-0.39, 0.29) is 6.04 Å². The van der Waals surface area contributed by atoms with E-state index in [9.17, 15) is 9.90 Å². The molecule has 1 N–H and O–H groups in total. The standard InChI is InChI=1S/C14H17NO3/c1-9(8-18-3)15-10(2)13(14(16)17)11-6-4-5-7-12(11)15/h4-7,9H,8H2,1-3H3,(H,16,17). The third-order valence-electron chi connectivity index (χ3n) is 3.22. The molecule has 18 heavy (non-hydrogen) atoms. The molecule has 4 heteroatoms. The molecule has 0 radical (unpaired) electrons. The smallest absolute Gasteiger partial charge is 0.338 e. The van der Waals surface area contributed by atoms with Gasteiger partial charge in [0, 0.05) is 23.7 Å². The molecule has 1 aromatic carbocycles. The van der Waals surface area contributed by atoms with Gasteiger partial charge in [-0.15, -0.1) is 0 Å². The molecule has 0 aliphatic heterocycles. The van der Waals surface area contributed by atoms with Gasteiger partial charge in [-0.05, 0) is 19.9 Å². The van der Waals surface area contributed by atoms with Crippen LogP contribution < -0.4 is 0 Å². The number of ether oxygens (including phenoxy) is 1. The van der Waals surface area contributed by atoms with Crippen molar-refractivity contribution in [1.82, 2.24) is 4.57 Å². The van der Waals surface area contributed by atoms with E-state index in [0.29, 0.717) is 12.2 Å². The van der Waals surface area contributed by atoms with Gasteiger partial charge in [0.05, 0.1) is 18.2 Å². The summed E-state index contributed by atoms with van der Waals surface area (Å²) in [6.45, 7) is 4.42. The minimum absolute atomic E-state index is 0.105. The lowest BCUT2D eigenvalue weighted by Crippen LogP contribution is -2.13. The van der Waals surface area contributed by atoms with Crippen molar-refractivity contribution in [3.63, 3.8) is 0 Å². The zero-order valence-corrected chi connectivity index (χ0v) is 10.8. The van der Waals surface area contributed by atoms with Crippen LogP contribution in [-0.2, 0) is 4.74 Å². The summed E-state index contributed by atoms with van der Waals surface area (Å²) in [6.07, 6.45) is 0. The predicted octanol–water partition coefficient (Wildman–Crippen LogP) is 2.86. The van der Waals surface area contributed by atoms with Crippen LogP contribution in [0.1, 0.15) is 29.0 Å². The van der Waals surface area contributed by atoms with E-state index in [1.54, 1.807) is 7.11 Å². The van der Waals surface area contributed by atoms with Gasteiger partial charge in [0.1, 0.15) is 0 Å². The Kier molecular flexibility index (Phi) is 3.39. The number of hydrogen-bond acceptors (Lipinski definition) is 2. The van der Waals surface area contributed by atoms with Crippen LogP contribution in [0, 0.1) is 6.92 Å². The second-order valence-corrected chi connectivity index (χ2v) is 4.46. The third-order valence-corrected chi connectivity index (χ3v) is 3.22. The highest BCUT2D eigenvalue weighted by Gasteiger charge is 2.21. The highest BCUT2D eigenvalue weighted by Crippen LogP contribution is 2.29. The molecule has 2 aromatic rings. The van der Waals surface area contributed by atoms with Gasteiger partial charge in [0.25, 0.3) is 0 Å². The minimum atomic E-state index is -0.882. The molecule has 0 fully saturated rings. The van der Waals surface area contributed by atoms with Crippen molar-refractivity contribution < 1.29 is 14.6 Å². The van der Waals surface area contributed by atoms with E-state index in [2.05, 4.69) is 0 Å². The summed E-state index contributed by atoms with van der Waals surface area (Å²) in [7, 11) is 1.65. The number of rotatable bonds is 4. The van der Waals surface area contributed by atoms with Crippen molar-refractivity contribution >= 4 is 16.9 Å². The number of aromatic carboxylic acids is 1. The quantitative estimate of drug-likeness (QED) is 0.903. The summed E-state index contributed by atoms with van der Waals surface area (Å²) in [4.78, 5) is 11.4. The molecule has 2 rings (SSSR count). The number of methoxy groups -OCH3 is 1. The Balaban J connectivity index is 2.73. The van der Waals surface area contributed by atoms with Gasteiger partial charge in [-0.25, -0.2) is 4.79 Å². The van der Waals surface area contributed by atoms with Crippen molar-refractivity contribution in [1.29, 1.82) is 0 Å². The molecule has 0 saturated carbocycles. The number of carboxylic acids is 1. The van der Waals surface area contributed by atoms with E-state index in [4.69, 9.17) is 4.74 Å². The van der Waals surface area contributed by atoms with Crippen molar-refractivity contribution in [2.45, 2.75) is 19.9 Å². The summed E-state index contributed by atoms with van der Waals surface area (Å²) in [5.74, 6) is -0.882. The number of carbonyl (C=O) groups is 1. The number of fused-ring (bicyclic) bond motifs is 1. The molecule has 1 unspecified atom stereocenters. The number of aromatic nitrogens is 1. The molecule has 0 amide bonds. The van der Waals surface area contributed by atoms with Crippen LogP contribution in [0.25, 0.3) is 10.9 Å². The number of hydrogen-bond donors (Lipinski definition) is 1. The number of para-hydroxylation sites is 1. The fraction of sp³-hybridized carbons (Fsp3) is 0.357. The number of carboxylic acid groups (broad SMARTS) is 1. The molecule has 1 atom stereocenters. The van der Waals surface area contributed by atoms with E-state index >= 15 is 0 Å². The number of nitrogens with zero attached hydrogens (tertiary/aromatic N) is 1. The predicted molar refractivity (Wildman–Crippen MR) is 70.2 cm³/mol. The first-order chi connectivity index (χ1) is 8.57. The molecular weight excluding hydrogens is 230 g/mol. The first-order valence-corrected chi connectivity index (χ1v) is 5.89. The van der Waals surface area contributed by atoms with Gasteiger partial charge in [-0.2, -0.15) is 0 Å². The van der Waals surface area contributed by atoms with E-state index < -0.39 is 5.97 Å². The maximum Gasteiger partial charge on any atom is 0.338 e. The van der Waals surface area contributed by atoms with Crippen LogP contribution in [0.5, 0.6) is 0 Å². The van der Waals surface area contributed by atoms with Crippen LogP contribution in [0.3, 0.4) is 0 Å². The molecular formula is C14H17NO3. The average molecular weight is 247 g/mol. The van der Waals surface area contributed by atoms with Gasteiger partial charge >= 0.3 is 5.97 Å². The Morgan fingerprint density at radius 1 is 1.44 bits per heavy atom. The van der Waals surface area contributed by atoms with Crippen LogP contribution in [0.15, 0.2) is 24.3 Å². The largest absolute Gasteiger partial charge is 0.478 e. The monoisotopic (exact) mass is 247 g/mol. The SMILES string of the molecule is COCC(C)n1c(C)c(C(=O)O)c2ccccc21. The summed E-state index contributed by atoms with van der Waals surface area (Å²) in [5.41, 5.74) is 2.10. The van der Waals surface area contributed by atoms with Crippen LogP contribution >= 0.6 is 0 Å². The fourth-order valence-corrected chi connectivity index (χ4v) is 2.54. The van der Waals surface area contributed by atoms with Gasteiger partial charge < -0.3 is 14.4 Å². The molecule has 96 valence electrons. The van der Waals surface area contributed by atoms with E-state index in [1.807, 2.05) is 42.7 Å². The van der Waals surface area contributed by atoms with Crippen molar-refractivity contribution in [2.24, 2.45) is 0 Å². The summed E-state index contributed by atoms with van der Waals surface area (Å²) < 4.78 is 7.19. The molecule has 1 aromatic heterocycles. The molecule has 0 spiro atoms. The molecule has 0 bridgehead atoms. The molecule has 0 aliphatic carbocycles. The van der Waals surface area contributed by atoms with Gasteiger partial charge in [-0.3, -0.25) is 0 Å². The Labute approximate surface area is 106 Å². The van der Waals surface area contributed by atoms with Crippen molar-refractivity contribution in [3.8, 4) is 0 Å². The summed E-state index contributed by atoms with van der Waals surface area (Å²) in [5, 5.41) is 10.1. The lowest BCUT2D eigenvalue weighted by atomic mass is 10.1.